The van der Waals surface area contributed by atoms with Gasteiger partial charge in [0.2, 0.25) is 5.78 Å². The molecule has 3 rings (SSSR count). The van der Waals surface area contributed by atoms with Crippen LogP contribution in [0.25, 0.3) is 6.08 Å². The molecule has 1 heterocycles. The number of carbonyl (C=O) groups is 3. The summed E-state index contributed by atoms with van der Waals surface area (Å²) in [7, 11) is 0. The molecule has 5 nitrogen and oxygen atoms in total. The Morgan fingerprint density at radius 2 is 1.69 bits per heavy atom. The van der Waals surface area contributed by atoms with E-state index in [1.807, 2.05) is 43.3 Å². The van der Waals surface area contributed by atoms with Crippen LogP contribution in [0.2, 0.25) is 0 Å². The van der Waals surface area contributed by atoms with Gasteiger partial charge in [-0.15, -0.1) is 0 Å². The third-order valence-corrected chi connectivity index (χ3v) is 5.74. The van der Waals surface area contributed by atoms with Crippen molar-refractivity contribution in [3.05, 3.63) is 100 Å². The molecule has 1 aliphatic heterocycles. The van der Waals surface area contributed by atoms with Gasteiger partial charge in [0.05, 0.1) is 11.5 Å². The molecular weight excluding hydrogens is 442 g/mol. The molecule has 32 heavy (non-hydrogen) atoms. The van der Waals surface area contributed by atoms with E-state index in [4.69, 9.17) is 17.0 Å². The minimum absolute atomic E-state index is 0.0972. The van der Waals surface area contributed by atoms with E-state index < -0.39 is 17.7 Å². The lowest BCUT2D eigenvalue weighted by Crippen LogP contribution is -2.26. The first-order chi connectivity index (χ1) is 15.4. The van der Waals surface area contributed by atoms with E-state index in [1.165, 1.54) is 6.20 Å². The molecule has 2 aromatic rings. The Hall–Kier alpha value is -3.29. The number of ketones is 1. The number of Topliss-reactive ketones (excluding diaryl/α,β-unsaturated/α-hetero) is 1. The highest BCUT2D eigenvalue weighted by molar-refractivity contribution is 8.26. The van der Waals surface area contributed by atoms with Crippen molar-refractivity contribution in [3.63, 3.8) is 0 Å². The standard InChI is InChI=1S/C25H21NO4S2/c1-3-30-24(29)20(22(27)19-12-8-5-9-13-19)16-26-23(28)21(32-25(26)31)15-17(2)14-18-10-6-4-7-11-18/h4-16H,3H2,1-2H3/b17-14-,20-16+,21-15+. The first-order valence-electron chi connectivity index (χ1n) is 9.89. The molecule has 7 heteroatoms. The fourth-order valence-corrected chi connectivity index (χ4v) is 4.20. The van der Waals surface area contributed by atoms with Gasteiger partial charge in [0.15, 0.2) is 4.32 Å². The molecule has 0 atom stereocenters. The van der Waals surface area contributed by atoms with Crippen LogP contribution in [0.3, 0.4) is 0 Å². The first-order valence-corrected chi connectivity index (χ1v) is 11.1. The predicted molar refractivity (Wildman–Crippen MR) is 131 cm³/mol. The number of carbonyl (C=O) groups excluding carboxylic acids is 3. The van der Waals surface area contributed by atoms with E-state index in [0.29, 0.717) is 10.5 Å². The molecule has 0 radical (unpaired) electrons. The number of esters is 1. The summed E-state index contributed by atoms with van der Waals surface area (Å²) in [5.74, 6) is -1.75. The summed E-state index contributed by atoms with van der Waals surface area (Å²) in [5.41, 5.74) is 1.93. The maximum absolute atomic E-state index is 13.0. The van der Waals surface area contributed by atoms with Gasteiger partial charge in [0, 0.05) is 11.8 Å². The number of thioether (sulfide) groups is 1. The van der Waals surface area contributed by atoms with Crippen LogP contribution in [0.4, 0.5) is 0 Å². The molecule has 162 valence electrons. The van der Waals surface area contributed by atoms with Crippen LogP contribution >= 0.6 is 24.0 Å². The second-order valence-corrected chi connectivity index (χ2v) is 8.48. The zero-order chi connectivity index (χ0) is 23.1. The lowest BCUT2D eigenvalue weighted by molar-refractivity contribution is -0.138. The molecule has 0 bridgehead atoms. The number of hydrogen-bond donors (Lipinski definition) is 0. The molecule has 0 aromatic heterocycles. The fourth-order valence-electron chi connectivity index (χ4n) is 2.94. The predicted octanol–water partition coefficient (Wildman–Crippen LogP) is 5.16. The van der Waals surface area contributed by atoms with Crippen LogP contribution in [0.5, 0.6) is 0 Å². The van der Waals surface area contributed by atoms with Crippen LogP contribution in [0, 0.1) is 0 Å². The summed E-state index contributed by atoms with van der Waals surface area (Å²) in [6, 6.07) is 18.1. The summed E-state index contributed by atoms with van der Waals surface area (Å²) in [6.07, 6.45) is 4.87. The van der Waals surface area contributed by atoms with Gasteiger partial charge in [-0.2, -0.15) is 0 Å². The normalized spacial score (nSPS) is 15.9. The summed E-state index contributed by atoms with van der Waals surface area (Å²) >= 11 is 6.47. The molecule has 0 saturated carbocycles. The van der Waals surface area contributed by atoms with Gasteiger partial charge in [-0.25, -0.2) is 4.79 Å². The van der Waals surface area contributed by atoms with Gasteiger partial charge in [-0.3, -0.25) is 14.5 Å². The van der Waals surface area contributed by atoms with E-state index >= 15 is 0 Å². The van der Waals surface area contributed by atoms with Crippen molar-refractivity contribution in [1.29, 1.82) is 0 Å². The SMILES string of the molecule is CCOC(=O)/C(=C/N1C(=O)/C(=C\C(C)=C/c2ccccc2)SC1=S)C(=O)c1ccccc1. The molecular formula is C25H21NO4S2. The number of allylic oxidation sites excluding steroid dienone is 2. The highest BCUT2D eigenvalue weighted by Gasteiger charge is 2.33. The first kappa shape index (κ1) is 23.4. The van der Waals surface area contributed by atoms with Crippen molar-refractivity contribution in [2.24, 2.45) is 0 Å². The smallest absolute Gasteiger partial charge is 0.343 e. The maximum atomic E-state index is 13.0. The van der Waals surface area contributed by atoms with E-state index in [-0.39, 0.29) is 16.5 Å². The van der Waals surface area contributed by atoms with Crippen LogP contribution < -0.4 is 0 Å². The van der Waals surface area contributed by atoms with E-state index in [1.54, 1.807) is 43.3 Å². The fraction of sp³-hybridized carbons (Fsp3) is 0.120. The highest BCUT2D eigenvalue weighted by Crippen LogP contribution is 2.33. The van der Waals surface area contributed by atoms with Gasteiger partial charge >= 0.3 is 5.97 Å². The molecule has 1 aliphatic rings. The Labute approximate surface area is 196 Å². The van der Waals surface area contributed by atoms with Gasteiger partial charge in [0.1, 0.15) is 5.57 Å². The lowest BCUT2D eigenvalue weighted by Gasteiger charge is -2.12. The van der Waals surface area contributed by atoms with Crippen LogP contribution in [0.1, 0.15) is 29.8 Å². The largest absolute Gasteiger partial charge is 0.462 e. The Bertz CT molecular complexity index is 1140. The average molecular weight is 464 g/mol. The van der Waals surface area contributed by atoms with Gasteiger partial charge < -0.3 is 4.74 Å². The summed E-state index contributed by atoms with van der Waals surface area (Å²) in [6.45, 7) is 3.63. The van der Waals surface area contributed by atoms with Crippen molar-refractivity contribution in [3.8, 4) is 0 Å². The van der Waals surface area contributed by atoms with Crippen molar-refractivity contribution in [2.45, 2.75) is 13.8 Å². The quantitative estimate of drug-likeness (QED) is 0.141. The third-order valence-electron chi connectivity index (χ3n) is 4.41. The van der Waals surface area contributed by atoms with Crippen LogP contribution in [-0.4, -0.2) is 33.5 Å². The minimum atomic E-state index is -0.806. The van der Waals surface area contributed by atoms with Crippen molar-refractivity contribution < 1.29 is 19.1 Å². The zero-order valence-corrected chi connectivity index (χ0v) is 19.2. The number of thiocarbonyl (C=S) groups is 1. The number of amides is 1. The lowest BCUT2D eigenvalue weighted by atomic mass is 10.0. The van der Waals surface area contributed by atoms with Crippen LogP contribution in [0.15, 0.2) is 89.0 Å². The topological polar surface area (TPSA) is 63.7 Å². The van der Waals surface area contributed by atoms with Crippen molar-refractivity contribution in [2.75, 3.05) is 6.61 Å². The molecule has 0 spiro atoms. The maximum Gasteiger partial charge on any atom is 0.343 e. The summed E-state index contributed by atoms with van der Waals surface area (Å²) < 4.78 is 5.28. The molecule has 0 unspecified atom stereocenters. The Kier molecular flexibility index (Phi) is 7.92. The Morgan fingerprint density at radius 1 is 1.06 bits per heavy atom. The molecule has 0 N–H and O–H groups in total. The van der Waals surface area contributed by atoms with Gasteiger partial charge in [-0.05, 0) is 31.1 Å². The summed E-state index contributed by atoms with van der Waals surface area (Å²) in [5, 5.41) is 0. The monoisotopic (exact) mass is 463 g/mol. The Morgan fingerprint density at radius 3 is 2.31 bits per heavy atom. The van der Waals surface area contributed by atoms with E-state index in [9.17, 15) is 14.4 Å². The number of rotatable bonds is 7. The number of nitrogens with zero attached hydrogens (tertiary/aromatic N) is 1. The molecule has 0 aliphatic carbocycles. The third kappa shape index (κ3) is 5.69. The second-order valence-electron chi connectivity index (χ2n) is 6.81. The average Bonchev–Trinajstić information content (AvgIpc) is 3.05. The molecule has 1 amide bonds. The number of hydrogen-bond acceptors (Lipinski definition) is 6. The number of ether oxygens (including phenoxy) is 1. The van der Waals surface area contributed by atoms with E-state index in [2.05, 4.69) is 0 Å². The zero-order valence-electron chi connectivity index (χ0n) is 17.6. The number of benzene rings is 2. The molecule has 2 aromatic carbocycles. The van der Waals surface area contributed by atoms with Gasteiger partial charge in [0.25, 0.3) is 5.91 Å². The second kappa shape index (κ2) is 10.8. The molecule has 1 saturated heterocycles. The summed E-state index contributed by atoms with van der Waals surface area (Å²) in [4.78, 5) is 40.0. The Balaban J connectivity index is 1.91. The molecule has 1 fully saturated rings. The highest BCUT2D eigenvalue weighted by atomic mass is 32.2. The van der Waals surface area contributed by atoms with Crippen molar-refractivity contribution in [1.82, 2.24) is 4.90 Å². The van der Waals surface area contributed by atoms with E-state index in [0.717, 1.165) is 27.8 Å². The van der Waals surface area contributed by atoms with Gasteiger partial charge in [-0.1, -0.05) is 90.7 Å². The minimum Gasteiger partial charge on any atom is -0.462 e. The van der Waals surface area contributed by atoms with Crippen molar-refractivity contribution >= 4 is 52.0 Å². The van der Waals surface area contributed by atoms with Crippen LogP contribution in [-0.2, 0) is 14.3 Å².